The van der Waals surface area contributed by atoms with E-state index in [2.05, 4.69) is 20.6 Å². The largest absolute Gasteiger partial charge is 0.308 e. The van der Waals surface area contributed by atoms with E-state index in [1.54, 1.807) is 10.9 Å². The van der Waals surface area contributed by atoms with E-state index >= 15 is 0 Å². The summed E-state index contributed by atoms with van der Waals surface area (Å²) in [6, 6.07) is 2.74. The van der Waals surface area contributed by atoms with Gasteiger partial charge >= 0.3 is 0 Å². The molecule has 1 aliphatic rings. The lowest BCUT2D eigenvalue weighted by atomic mass is 10.3. The molecule has 5 nitrogen and oxygen atoms in total. The summed E-state index contributed by atoms with van der Waals surface area (Å²) in [4.78, 5) is 4.15. The molecule has 1 aliphatic carbocycles. The van der Waals surface area contributed by atoms with E-state index < -0.39 is 0 Å². The third kappa shape index (κ3) is 2.50. The lowest BCUT2D eigenvalue weighted by molar-refractivity contribution is 0.671. The first-order chi connectivity index (χ1) is 8.31. The average Bonchev–Trinajstić information content (AvgIpc) is 3.04. The molecule has 2 aromatic heterocycles. The number of hydrogen-bond donors (Lipinski definition) is 1. The van der Waals surface area contributed by atoms with E-state index in [-0.39, 0.29) is 0 Å². The number of aryl methyl sites for hydroxylation is 1. The zero-order valence-electron chi connectivity index (χ0n) is 9.80. The first kappa shape index (κ1) is 10.4. The Balaban J connectivity index is 1.74. The van der Waals surface area contributed by atoms with Gasteiger partial charge in [-0.1, -0.05) is 5.21 Å². The number of hydrogen-bond acceptors (Lipinski definition) is 4. The summed E-state index contributed by atoms with van der Waals surface area (Å²) in [6.07, 6.45) is 8.15. The first-order valence-electron chi connectivity index (χ1n) is 5.88. The molecule has 1 fully saturated rings. The van der Waals surface area contributed by atoms with E-state index in [0.29, 0.717) is 6.04 Å². The highest BCUT2D eigenvalue weighted by atomic mass is 15.4. The number of pyridine rings is 1. The summed E-state index contributed by atoms with van der Waals surface area (Å²) in [5.74, 6) is 0. The van der Waals surface area contributed by atoms with Gasteiger partial charge in [-0.05, 0) is 31.4 Å². The molecule has 0 spiro atoms. The minimum Gasteiger partial charge on any atom is -0.308 e. The summed E-state index contributed by atoms with van der Waals surface area (Å²) in [5.41, 5.74) is 3.05. The molecular formula is C12H15N5. The van der Waals surface area contributed by atoms with Gasteiger partial charge in [0.15, 0.2) is 0 Å². The van der Waals surface area contributed by atoms with Crippen molar-refractivity contribution in [1.29, 1.82) is 0 Å². The lowest BCUT2D eigenvalue weighted by Crippen LogP contribution is -2.15. The van der Waals surface area contributed by atoms with Crippen molar-refractivity contribution >= 4 is 0 Å². The number of rotatable bonds is 4. The Morgan fingerprint density at radius 2 is 2.29 bits per heavy atom. The van der Waals surface area contributed by atoms with Crippen molar-refractivity contribution in [2.75, 3.05) is 0 Å². The predicted octanol–water partition coefficient (Wildman–Crippen LogP) is 1.22. The van der Waals surface area contributed by atoms with Gasteiger partial charge in [0, 0.05) is 18.8 Å². The second-order valence-corrected chi connectivity index (χ2v) is 4.53. The van der Waals surface area contributed by atoms with Crippen LogP contribution in [0.4, 0.5) is 0 Å². The summed E-state index contributed by atoms with van der Waals surface area (Å²) in [5, 5.41) is 11.7. The third-order valence-corrected chi connectivity index (χ3v) is 2.82. The van der Waals surface area contributed by atoms with E-state index in [0.717, 1.165) is 23.5 Å². The van der Waals surface area contributed by atoms with Gasteiger partial charge in [-0.3, -0.25) is 4.98 Å². The minimum atomic E-state index is 0.695. The summed E-state index contributed by atoms with van der Waals surface area (Å²) in [6.45, 7) is 2.81. The summed E-state index contributed by atoms with van der Waals surface area (Å²) >= 11 is 0. The molecule has 0 amide bonds. The van der Waals surface area contributed by atoms with Crippen LogP contribution in [0, 0.1) is 6.92 Å². The van der Waals surface area contributed by atoms with E-state index in [4.69, 9.17) is 0 Å². The third-order valence-electron chi connectivity index (χ3n) is 2.82. The van der Waals surface area contributed by atoms with Crippen molar-refractivity contribution in [3.05, 3.63) is 35.9 Å². The van der Waals surface area contributed by atoms with Crippen LogP contribution in [0.3, 0.4) is 0 Å². The Kier molecular flexibility index (Phi) is 2.60. The molecule has 1 N–H and O–H groups in total. The van der Waals surface area contributed by atoms with Crippen LogP contribution in [-0.2, 0) is 6.54 Å². The normalized spacial score (nSPS) is 15.1. The summed E-state index contributed by atoms with van der Waals surface area (Å²) in [7, 11) is 0. The fraction of sp³-hybridized carbons (Fsp3) is 0.417. The van der Waals surface area contributed by atoms with Crippen LogP contribution in [0.2, 0.25) is 0 Å². The minimum absolute atomic E-state index is 0.695. The van der Waals surface area contributed by atoms with Crippen molar-refractivity contribution in [1.82, 2.24) is 25.3 Å². The highest BCUT2D eigenvalue weighted by Gasteiger charge is 2.20. The van der Waals surface area contributed by atoms with E-state index in [1.807, 2.05) is 25.4 Å². The highest BCUT2D eigenvalue weighted by molar-refractivity contribution is 5.30. The zero-order valence-corrected chi connectivity index (χ0v) is 9.80. The van der Waals surface area contributed by atoms with Crippen LogP contribution >= 0.6 is 0 Å². The topological polar surface area (TPSA) is 55.6 Å². The van der Waals surface area contributed by atoms with Gasteiger partial charge in [0.1, 0.15) is 0 Å². The monoisotopic (exact) mass is 229 g/mol. The fourth-order valence-electron chi connectivity index (χ4n) is 1.71. The fourth-order valence-corrected chi connectivity index (χ4v) is 1.71. The van der Waals surface area contributed by atoms with Gasteiger partial charge in [0.25, 0.3) is 0 Å². The van der Waals surface area contributed by atoms with Crippen LogP contribution in [0.15, 0.2) is 24.7 Å². The van der Waals surface area contributed by atoms with Crippen molar-refractivity contribution < 1.29 is 0 Å². The van der Waals surface area contributed by atoms with Gasteiger partial charge in [0.2, 0.25) is 0 Å². The molecule has 3 rings (SSSR count). The molecule has 0 bridgehead atoms. The van der Waals surface area contributed by atoms with Crippen molar-refractivity contribution in [2.45, 2.75) is 32.4 Å². The molecule has 17 heavy (non-hydrogen) atoms. The van der Waals surface area contributed by atoms with Gasteiger partial charge < -0.3 is 5.32 Å². The Morgan fingerprint density at radius 3 is 3.06 bits per heavy atom. The van der Waals surface area contributed by atoms with E-state index in [1.165, 1.54) is 12.8 Å². The van der Waals surface area contributed by atoms with Crippen LogP contribution in [0.5, 0.6) is 0 Å². The maximum Gasteiger partial charge on any atom is 0.0969 e. The highest BCUT2D eigenvalue weighted by Crippen LogP contribution is 2.19. The Bertz CT molecular complexity index is 515. The second kappa shape index (κ2) is 4.25. The second-order valence-electron chi connectivity index (χ2n) is 4.53. The van der Waals surface area contributed by atoms with Gasteiger partial charge in [-0.2, -0.15) is 0 Å². The quantitative estimate of drug-likeness (QED) is 0.856. The predicted molar refractivity (Wildman–Crippen MR) is 63.8 cm³/mol. The van der Waals surface area contributed by atoms with Gasteiger partial charge in [-0.25, -0.2) is 4.68 Å². The zero-order chi connectivity index (χ0) is 11.7. The van der Waals surface area contributed by atoms with E-state index in [9.17, 15) is 0 Å². The van der Waals surface area contributed by atoms with Crippen LogP contribution in [-0.4, -0.2) is 26.0 Å². The molecule has 2 aromatic rings. The standard InChI is InChI=1S/C12H15N5/c1-9-4-12(7-13-5-9)17-8-11(15-16-17)6-14-10-2-3-10/h4-5,7-8,10,14H,2-3,6H2,1H3. The SMILES string of the molecule is Cc1cncc(-n2cc(CNC3CC3)nn2)c1. The van der Waals surface area contributed by atoms with Crippen LogP contribution < -0.4 is 5.32 Å². The molecule has 0 aliphatic heterocycles. The molecule has 0 aromatic carbocycles. The molecule has 88 valence electrons. The molecule has 1 saturated carbocycles. The number of aromatic nitrogens is 4. The molecule has 0 atom stereocenters. The van der Waals surface area contributed by atoms with Gasteiger partial charge in [-0.15, -0.1) is 5.10 Å². The average molecular weight is 229 g/mol. The number of nitrogens with one attached hydrogen (secondary N) is 1. The maximum atomic E-state index is 4.15. The molecule has 0 saturated heterocycles. The number of nitrogens with zero attached hydrogens (tertiary/aromatic N) is 4. The Hall–Kier alpha value is -1.75. The van der Waals surface area contributed by atoms with Crippen molar-refractivity contribution in [3.63, 3.8) is 0 Å². The van der Waals surface area contributed by atoms with Crippen LogP contribution in [0.1, 0.15) is 24.1 Å². The van der Waals surface area contributed by atoms with Crippen molar-refractivity contribution in [3.8, 4) is 5.69 Å². The smallest absolute Gasteiger partial charge is 0.0969 e. The maximum absolute atomic E-state index is 4.15. The Labute approximate surface area is 99.9 Å². The molecule has 0 radical (unpaired) electrons. The Morgan fingerprint density at radius 1 is 1.41 bits per heavy atom. The van der Waals surface area contributed by atoms with Crippen LogP contribution in [0.25, 0.3) is 5.69 Å². The first-order valence-corrected chi connectivity index (χ1v) is 5.88. The lowest BCUT2D eigenvalue weighted by Gasteiger charge is -1.99. The van der Waals surface area contributed by atoms with Crippen molar-refractivity contribution in [2.24, 2.45) is 0 Å². The van der Waals surface area contributed by atoms with Gasteiger partial charge in [0.05, 0.1) is 23.8 Å². The summed E-state index contributed by atoms with van der Waals surface area (Å²) < 4.78 is 1.77. The molecule has 2 heterocycles. The molecule has 0 unspecified atom stereocenters. The molecule has 5 heteroatoms. The molecular weight excluding hydrogens is 214 g/mol.